The van der Waals surface area contributed by atoms with Crippen LogP contribution in [0.3, 0.4) is 0 Å². The Morgan fingerprint density at radius 1 is 1.27 bits per heavy atom. The van der Waals surface area contributed by atoms with E-state index in [4.69, 9.17) is 5.21 Å². The number of hydrogen-bond acceptors (Lipinski definition) is 7. The molecule has 0 aliphatic carbocycles. The predicted octanol–water partition coefficient (Wildman–Crippen LogP) is -0.811. The molecular weight excluding hydrogens is 360 g/mol. The first-order valence-electron chi connectivity index (χ1n) is 8.66. The Morgan fingerprint density at radius 3 is 2.54 bits per heavy atom. The second-order valence-electron chi connectivity index (χ2n) is 6.82. The van der Waals surface area contributed by atoms with Gasteiger partial charge in [0, 0.05) is 32.0 Å². The zero-order valence-electron chi connectivity index (χ0n) is 14.3. The Kier molecular flexibility index (Phi) is 5.58. The molecule has 4 N–H and O–H groups in total. The summed E-state index contributed by atoms with van der Waals surface area (Å²) in [6.45, 7) is 0.807. The van der Waals surface area contributed by atoms with E-state index in [1.54, 1.807) is 12.4 Å². The Morgan fingerprint density at radius 2 is 1.92 bits per heavy atom. The van der Waals surface area contributed by atoms with Crippen LogP contribution in [-0.4, -0.2) is 71.0 Å². The summed E-state index contributed by atoms with van der Waals surface area (Å²) >= 11 is 0. The van der Waals surface area contributed by atoms with E-state index in [0.717, 1.165) is 5.56 Å². The molecule has 26 heavy (non-hydrogen) atoms. The quantitative estimate of drug-likeness (QED) is 0.394. The van der Waals surface area contributed by atoms with Crippen LogP contribution < -0.4 is 10.8 Å². The molecule has 2 unspecified atom stereocenters. The number of β-amino-alcohol motifs (C(OH)–C–C–N with tert-alkyl or cyclic N) is 1. The molecule has 144 valence electrons. The van der Waals surface area contributed by atoms with E-state index < -0.39 is 26.8 Å². The number of rotatable bonds is 4. The van der Waals surface area contributed by atoms with Crippen molar-refractivity contribution in [3.05, 3.63) is 30.1 Å². The number of aromatic nitrogens is 1. The van der Waals surface area contributed by atoms with E-state index in [2.05, 4.69) is 10.3 Å². The van der Waals surface area contributed by atoms with Crippen LogP contribution in [0.4, 0.5) is 0 Å². The molecule has 0 saturated carbocycles. The molecule has 2 saturated heterocycles. The number of hydroxylamine groups is 1. The van der Waals surface area contributed by atoms with Gasteiger partial charge in [-0.15, -0.1) is 0 Å². The zero-order chi connectivity index (χ0) is 18.8. The summed E-state index contributed by atoms with van der Waals surface area (Å²) in [7, 11) is -3.89. The van der Waals surface area contributed by atoms with Gasteiger partial charge in [-0.3, -0.25) is 15.0 Å². The van der Waals surface area contributed by atoms with Crippen molar-refractivity contribution in [2.45, 2.75) is 36.0 Å². The highest BCUT2D eigenvalue weighted by Crippen LogP contribution is 2.33. The van der Waals surface area contributed by atoms with Crippen LogP contribution in [0.5, 0.6) is 0 Å². The van der Waals surface area contributed by atoms with Gasteiger partial charge in [-0.05, 0) is 49.4 Å². The molecule has 2 fully saturated rings. The van der Waals surface area contributed by atoms with Crippen LogP contribution in [0.2, 0.25) is 0 Å². The first-order valence-corrected chi connectivity index (χ1v) is 10.2. The molecule has 1 amide bonds. The lowest BCUT2D eigenvalue weighted by Gasteiger charge is -2.41. The molecule has 3 heterocycles. The lowest BCUT2D eigenvalue weighted by Crippen LogP contribution is -2.67. The number of nitrogens with one attached hydrogen (secondary N) is 2. The molecule has 3 rings (SSSR count). The van der Waals surface area contributed by atoms with Gasteiger partial charge in [0.15, 0.2) is 5.60 Å². The fraction of sp³-hybridized carbons (Fsp3) is 0.625. The Bertz CT molecular complexity index is 736. The van der Waals surface area contributed by atoms with Crippen LogP contribution in [0.1, 0.15) is 30.7 Å². The standard InChI is InChI=1S/C16H24N4O5S/c21-15(19-23)16(22)11-18-8-3-14(16)26(24,25)20-9-4-13(5-10-20)12-1-6-17-7-2-12/h1-2,6-7,13-14,18,22-23H,3-5,8-11H2,(H,19,21). The van der Waals surface area contributed by atoms with Crippen molar-refractivity contribution in [3.8, 4) is 0 Å². The third-order valence-corrected chi connectivity index (χ3v) is 7.79. The van der Waals surface area contributed by atoms with Crippen molar-refractivity contribution in [1.82, 2.24) is 20.1 Å². The number of pyridine rings is 1. The van der Waals surface area contributed by atoms with Crippen molar-refractivity contribution < 1.29 is 23.5 Å². The maximum absolute atomic E-state index is 13.1. The number of nitrogens with zero attached hydrogens (tertiary/aromatic N) is 2. The average Bonchev–Trinajstić information content (AvgIpc) is 2.68. The minimum Gasteiger partial charge on any atom is -0.377 e. The number of sulfonamides is 1. The number of aliphatic hydroxyl groups is 1. The van der Waals surface area contributed by atoms with Gasteiger partial charge in [-0.25, -0.2) is 18.2 Å². The van der Waals surface area contributed by atoms with E-state index in [1.807, 2.05) is 12.1 Å². The van der Waals surface area contributed by atoms with E-state index in [-0.39, 0.29) is 18.9 Å². The third-order valence-electron chi connectivity index (χ3n) is 5.36. The summed E-state index contributed by atoms with van der Waals surface area (Å²) in [4.78, 5) is 15.9. The summed E-state index contributed by atoms with van der Waals surface area (Å²) in [5, 5.41) is 21.1. The summed E-state index contributed by atoms with van der Waals surface area (Å²) in [6.07, 6.45) is 4.87. The number of hydrogen-bond donors (Lipinski definition) is 4. The molecule has 9 nitrogen and oxygen atoms in total. The Hall–Kier alpha value is -1.59. The monoisotopic (exact) mass is 384 g/mol. The van der Waals surface area contributed by atoms with Gasteiger partial charge in [0.2, 0.25) is 10.0 Å². The lowest BCUT2D eigenvalue weighted by atomic mass is 9.91. The molecule has 0 radical (unpaired) electrons. The Labute approximate surface area is 152 Å². The number of amides is 1. The average molecular weight is 384 g/mol. The molecule has 1 aromatic heterocycles. The van der Waals surface area contributed by atoms with E-state index >= 15 is 0 Å². The fourth-order valence-electron chi connectivity index (χ4n) is 3.84. The minimum atomic E-state index is -3.89. The maximum Gasteiger partial charge on any atom is 0.278 e. The summed E-state index contributed by atoms with van der Waals surface area (Å²) in [6, 6.07) is 3.87. The second-order valence-corrected chi connectivity index (χ2v) is 8.93. The molecule has 0 aromatic carbocycles. The highest BCUT2D eigenvalue weighted by Gasteiger charge is 2.53. The molecular formula is C16H24N4O5S. The van der Waals surface area contributed by atoms with Gasteiger partial charge in [0.25, 0.3) is 5.91 Å². The topological polar surface area (TPSA) is 132 Å². The zero-order valence-corrected chi connectivity index (χ0v) is 15.2. The molecule has 0 bridgehead atoms. The van der Waals surface area contributed by atoms with Gasteiger partial charge >= 0.3 is 0 Å². The normalized spacial score (nSPS) is 28.6. The highest BCUT2D eigenvalue weighted by atomic mass is 32.2. The molecule has 0 spiro atoms. The first-order chi connectivity index (χ1) is 12.4. The van der Waals surface area contributed by atoms with Crippen molar-refractivity contribution >= 4 is 15.9 Å². The van der Waals surface area contributed by atoms with Crippen molar-refractivity contribution in [2.24, 2.45) is 0 Å². The maximum atomic E-state index is 13.1. The molecule has 2 aliphatic heterocycles. The van der Waals surface area contributed by atoms with Gasteiger partial charge in [-0.1, -0.05) is 0 Å². The van der Waals surface area contributed by atoms with Crippen LogP contribution in [0, 0.1) is 0 Å². The second kappa shape index (κ2) is 7.57. The van der Waals surface area contributed by atoms with Crippen molar-refractivity contribution in [1.29, 1.82) is 0 Å². The SMILES string of the molecule is O=C(NO)C1(O)CNCCC1S(=O)(=O)N1CCC(c2ccncc2)CC1. The van der Waals surface area contributed by atoms with E-state index in [1.165, 1.54) is 9.79 Å². The molecule has 10 heteroatoms. The summed E-state index contributed by atoms with van der Waals surface area (Å²) < 4.78 is 27.5. The summed E-state index contributed by atoms with van der Waals surface area (Å²) in [5.41, 5.74) is 0.325. The molecule has 2 aliphatic rings. The third kappa shape index (κ3) is 3.47. The summed E-state index contributed by atoms with van der Waals surface area (Å²) in [5.74, 6) is -0.845. The lowest BCUT2D eigenvalue weighted by molar-refractivity contribution is -0.150. The van der Waals surface area contributed by atoms with Crippen LogP contribution in [0.15, 0.2) is 24.5 Å². The number of piperidine rings is 2. The Balaban J connectivity index is 1.75. The smallest absolute Gasteiger partial charge is 0.278 e. The number of carbonyl (C=O) groups is 1. The van der Waals surface area contributed by atoms with Crippen LogP contribution in [0.25, 0.3) is 0 Å². The molecule has 1 aromatic rings. The first kappa shape index (κ1) is 19.2. The van der Waals surface area contributed by atoms with Gasteiger partial charge in [0.05, 0.1) is 0 Å². The minimum absolute atomic E-state index is 0.0938. The van der Waals surface area contributed by atoms with Gasteiger partial charge < -0.3 is 10.4 Å². The van der Waals surface area contributed by atoms with Crippen LogP contribution in [-0.2, 0) is 14.8 Å². The largest absolute Gasteiger partial charge is 0.377 e. The van der Waals surface area contributed by atoms with E-state index in [0.29, 0.717) is 32.5 Å². The van der Waals surface area contributed by atoms with Crippen molar-refractivity contribution in [3.63, 3.8) is 0 Å². The highest BCUT2D eigenvalue weighted by molar-refractivity contribution is 7.89. The van der Waals surface area contributed by atoms with E-state index in [9.17, 15) is 18.3 Å². The van der Waals surface area contributed by atoms with Crippen LogP contribution >= 0.6 is 0 Å². The fourth-order valence-corrected chi connectivity index (χ4v) is 6.02. The molecule has 2 atom stereocenters. The predicted molar refractivity (Wildman–Crippen MR) is 92.9 cm³/mol. The van der Waals surface area contributed by atoms with Crippen molar-refractivity contribution in [2.75, 3.05) is 26.2 Å². The number of carbonyl (C=O) groups excluding carboxylic acids is 1. The van der Waals surface area contributed by atoms with Gasteiger partial charge in [0.1, 0.15) is 5.25 Å². The van der Waals surface area contributed by atoms with Gasteiger partial charge in [-0.2, -0.15) is 0 Å².